The van der Waals surface area contributed by atoms with Crippen LogP contribution in [0.15, 0.2) is 0 Å². The molecule has 0 aromatic carbocycles. The highest BCUT2D eigenvalue weighted by atomic mass is 16.7. The molecule has 48 heavy (non-hydrogen) atoms. The van der Waals surface area contributed by atoms with Gasteiger partial charge in [-0.05, 0) is 105 Å². The second-order valence-corrected chi connectivity index (χ2v) is 18.3. The molecule has 7 N–H and O–H groups in total. The number of nitrogens with two attached hydrogens (primary N) is 1. The Morgan fingerprint density at radius 2 is 1.69 bits per heavy atom. The summed E-state index contributed by atoms with van der Waals surface area (Å²) < 4.78 is 24.5. The number of carbonyl (C=O) groups is 1. The van der Waals surface area contributed by atoms with E-state index in [-0.39, 0.29) is 47.4 Å². The molecule has 1 heterocycles. The normalized spacial score (nSPS) is 49.3. The Bertz CT molecular complexity index is 1240. The van der Waals surface area contributed by atoms with Gasteiger partial charge in [0.25, 0.3) is 0 Å². The first-order valence-corrected chi connectivity index (χ1v) is 18.4. The molecule has 0 aromatic rings. The molecule has 6 aliphatic rings. The van der Waals surface area contributed by atoms with E-state index in [9.17, 15) is 30.3 Å². The Morgan fingerprint density at radius 1 is 1.04 bits per heavy atom. The molecule has 11 nitrogen and oxygen atoms in total. The van der Waals surface area contributed by atoms with Crippen molar-refractivity contribution in [2.75, 3.05) is 19.8 Å². The van der Waals surface area contributed by atoms with Crippen molar-refractivity contribution >= 4 is 5.97 Å². The Balaban J connectivity index is 1.29. The van der Waals surface area contributed by atoms with Gasteiger partial charge in [-0.2, -0.15) is 0 Å². The van der Waals surface area contributed by atoms with E-state index in [1.807, 2.05) is 0 Å². The van der Waals surface area contributed by atoms with Gasteiger partial charge in [0.2, 0.25) is 0 Å². The summed E-state index contributed by atoms with van der Waals surface area (Å²) in [6, 6.07) is 0. The second kappa shape index (κ2) is 11.8. The second-order valence-electron chi connectivity index (χ2n) is 18.3. The van der Waals surface area contributed by atoms with Crippen molar-refractivity contribution in [3.63, 3.8) is 0 Å². The summed E-state index contributed by atoms with van der Waals surface area (Å²) in [4.78, 5) is 12.1. The van der Waals surface area contributed by atoms with Crippen LogP contribution in [0.3, 0.4) is 0 Å². The van der Waals surface area contributed by atoms with Gasteiger partial charge in [-0.15, -0.1) is 0 Å². The smallest absolute Gasteiger partial charge is 0.303 e. The summed E-state index contributed by atoms with van der Waals surface area (Å²) in [6.07, 6.45) is 1.78. The van der Waals surface area contributed by atoms with Gasteiger partial charge in [-0.1, -0.05) is 34.6 Å². The zero-order valence-electron chi connectivity index (χ0n) is 30.4. The maximum atomic E-state index is 12.6. The quantitative estimate of drug-likeness (QED) is 0.147. The molecule has 2 spiro atoms. The molecule has 0 amide bonds. The van der Waals surface area contributed by atoms with Gasteiger partial charge in [0.05, 0.1) is 55.4 Å². The van der Waals surface area contributed by atoms with Crippen molar-refractivity contribution in [2.45, 2.75) is 161 Å². The lowest BCUT2D eigenvalue weighted by Gasteiger charge is -2.65. The Labute approximate surface area is 286 Å². The fourth-order valence-corrected chi connectivity index (χ4v) is 13.2. The van der Waals surface area contributed by atoms with Crippen LogP contribution < -0.4 is 5.73 Å². The average molecular weight is 682 g/mol. The standard InChI is InChI=1S/C37H63NO10/c1-20-17-23(28(32(5,6)44)46-21(2)41)47-29-27(43)37(38)25-10-9-24-31(3,4)26(48-30(22(42)18-40)45-16-15-39)11-12-35(24)19-36(25,35)14-13-33(37,7)34(20,29)8/h20,22-30,39-40,42-44H,9-19,38H2,1-8H3/t20-,22-,23-,24+,25-,26+,27+,28+,29-,30+,33-,34-,35-,36+,37+/m1/s1. The summed E-state index contributed by atoms with van der Waals surface area (Å²) in [5, 5.41) is 53.0. The summed E-state index contributed by atoms with van der Waals surface area (Å²) in [5.74, 6) is 0.0699. The molecule has 0 unspecified atom stereocenters. The molecule has 0 bridgehead atoms. The maximum Gasteiger partial charge on any atom is 0.303 e. The van der Waals surface area contributed by atoms with Gasteiger partial charge in [0.1, 0.15) is 6.10 Å². The van der Waals surface area contributed by atoms with Crippen LogP contribution in [0.1, 0.15) is 107 Å². The van der Waals surface area contributed by atoms with Crippen LogP contribution in [0.25, 0.3) is 0 Å². The predicted molar refractivity (Wildman–Crippen MR) is 176 cm³/mol. The lowest BCUT2D eigenvalue weighted by Crippen LogP contribution is -2.71. The molecule has 1 saturated heterocycles. The highest BCUT2D eigenvalue weighted by Gasteiger charge is 2.87. The SMILES string of the molecule is CC(=O)O[C@@H]([C@H]1C[C@@H](C)[C@]2(C)[C@H](O1)[C@H](O)[C@@]1(N)[C@@H]3CC[C@H]4C(C)(C)[C@@H](O[C@H](OCCO)[C@H](O)CO)CC[C@@]45C[C@@]35CC[C@]21C)C(C)(C)O. The van der Waals surface area contributed by atoms with Crippen LogP contribution in [0.2, 0.25) is 0 Å². The van der Waals surface area contributed by atoms with Gasteiger partial charge >= 0.3 is 5.97 Å². The van der Waals surface area contributed by atoms with Crippen molar-refractivity contribution < 1.29 is 49.3 Å². The number of ether oxygens (including phenoxy) is 4. The molecule has 276 valence electrons. The molecule has 6 fully saturated rings. The van der Waals surface area contributed by atoms with Crippen LogP contribution >= 0.6 is 0 Å². The number of carbonyl (C=O) groups excluding carboxylic acids is 1. The van der Waals surface area contributed by atoms with E-state index >= 15 is 0 Å². The van der Waals surface area contributed by atoms with Crippen LogP contribution in [0, 0.1) is 44.8 Å². The summed E-state index contributed by atoms with van der Waals surface area (Å²) >= 11 is 0. The number of aliphatic hydroxyl groups is 5. The third-order valence-electron chi connectivity index (χ3n) is 15.7. The van der Waals surface area contributed by atoms with Crippen LogP contribution in [-0.4, -0.2) is 105 Å². The molecule has 5 aliphatic carbocycles. The molecule has 15 atom stereocenters. The molecular formula is C37H63NO10. The fraction of sp³-hybridized carbons (Fsp3) is 0.973. The molecule has 6 rings (SSSR count). The molecule has 5 saturated carbocycles. The zero-order valence-corrected chi connectivity index (χ0v) is 30.4. The molecule has 0 aromatic heterocycles. The fourth-order valence-electron chi connectivity index (χ4n) is 13.2. The monoisotopic (exact) mass is 681 g/mol. The van der Waals surface area contributed by atoms with E-state index in [2.05, 4.69) is 34.6 Å². The Morgan fingerprint density at radius 3 is 2.29 bits per heavy atom. The average Bonchev–Trinajstić information content (AvgIpc) is 3.65. The minimum Gasteiger partial charge on any atom is -0.457 e. The van der Waals surface area contributed by atoms with E-state index in [4.69, 9.17) is 24.7 Å². The van der Waals surface area contributed by atoms with E-state index < -0.39 is 71.4 Å². The Kier molecular flexibility index (Phi) is 9.08. The van der Waals surface area contributed by atoms with E-state index in [1.165, 1.54) is 6.92 Å². The van der Waals surface area contributed by atoms with E-state index in [0.717, 1.165) is 44.9 Å². The third-order valence-corrected chi connectivity index (χ3v) is 15.7. The minimum absolute atomic E-state index is 0.00462. The van der Waals surface area contributed by atoms with Crippen molar-refractivity contribution in [1.29, 1.82) is 0 Å². The van der Waals surface area contributed by atoms with Crippen molar-refractivity contribution in [3.05, 3.63) is 0 Å². The van der Waals surface area contributed by atoms with Crippen LogP contribution in [0.4, 0.5) is 0 Å². The Hall–Kier alpha value is -0.890. The number of hydrogen-bond donors (Lipinski definition) is 6. The largest absolute Gasteiger partial charge is 0.457 e. The topological polar surface area (TPSA) is 181 Å². The third kappa shape index (κ3) is 4.74. The van der Waals surface area contributed by atoms with Crippen molar-refractivity contribution in [1.82, 2.24) is 0 Å². The van der Waals surface area contributed by atoms with Gasteiger partial charge in [0, 0.05) is 12.3 Å². The number of fused-ring (bicyclic) bond motifs is 4. The number of aliphatic hydroxyl groups excluding tert-OH is 4. The lowest BCUT2D eigenvalue weighted by atomic mass is 9.41. The van der Waals surface area contributed by atoms with Crippen LogP contribution in [0.5, 0.6) is 0 Å². The van der Waals surface area contributed by atoms with E-state index in [0.29, 0.717) is 12.3 Å². The first-order valence-electron chi connectivity index (χ1n) is 18.4. The predicted octanol–water partition coefficient (Wildman–Crippen LogP) is 2.66. The molecule has 0 radical (unpaired) electrons. The highest BCUT2D eigenvalue weighted by molar-refractivity contribution is 5.66. The zero-order chi connectivity index (χ0) is 35.5. The van der Waals surface area contributed by atoms with Gasteiger partial charge in [-0.25, -0.2) is 0 Å². The lowest BCUT2D eigenvalue weighted by molar-refractivity contribution is -0.262. The minimum atomic E-state index is -1.33. The number of hydrogen-bond acceptors (Lipinski definition) is 11. The summed E-state index contributed by atoms with van der Waals surface area (Å²) in [5.41, 5.74) is 4.59. The molecular weight excluding hydrogens is 618 g/mol. The van der Waals surface area contributed by atoms with Crippen LogP contribution in [-0.2, 0) is 23.7 Å². The summed E-state index contributed by atoms with van der Waals surface area (Å²) in [6.45, 7) is 15.2. The maximum absolute atomic E-state index is 12.6. The van der Waals surface area contributed by atoms with E-state index in [1.54, 1.807) is 13.8 Å². The van der Waals surface area contributed by atoms with Crippen molar-refractivity contribution in [3.8, 4) is 0 Å². The van der Waals surface area contributed by atoms with Gasteiger partial charge < -0.3 is 50.2 Å². The molecule has 11 heteroatoms. The van der Waals surface area contributed by atoms with Gasteiger partial charge in [0.15, 0.2) is 12.4 Å². The van der Waals surface area contributed by atoms with Crippen molar-refractivity contribution in [2.24, 2.45) is 50.6 Å². The van der Waals surface area contributed by atoms with Gasteiger partial charge in [-0.3, -0.25) is 4.79 Å². The number of rotatable bonds is 10. The highest BCUT2D eigenvalue weighted by Crippen LogP contribution is 2.88. The summed E-state index contributed by atoms with van der Waals surface area (Å²) in [7, 11) is 0. The first-order chi connectivity index (χ1) is 22.2. The molecule has 1 aliphatic heterocycles. The first kappa shape index (κ1) is 36.9. The number of esters is 1.